The molecule has 18 heteroatoms. The first kappa shape index (κ1) is 30.5. The van der Waals surface area contributed by atoms with Crippen molar-refractivity contribution in [2.75, 3.05) is 6.61 Å². The van der Waals surface area contributed by atoms with Crippen LogP contribution in [0.2, 0.25) is 0 Å². The monoisotopic (exact) mass is 568 g/mol. The smallest absolute Gasteiger partial charge is 0.214 e. The number of aromatic amines is 2. The first-order valence-electron chi connectivity index (χ1n) is 12.2. The Balaban J connectivity index is 0.000000220. The lowest BCUT2D eigenvalue weighted by atomic mass is 9.97. The van der Waals surface area contributed by atoms with Crippen LogP contribution in [0.15, 0.2) is 22.4 Å². The van der Waals surface area contributed by atoms with Crippen LogP contribution in [0.25, 0.3) is 0 Å². The maximum absolute atomic E-state index is 14.2. The number of ether oxygens (including phenoxy) is 2. The largest absolute Gasteiger partial charge is 0.394 e. The molecule has 220 valence electrons. The van der Waals surface area contributed by atoms with E-state index in [0.717, 1.165) is 6.42 Å². The summed E-state index contributed by atoms with van der Waals surface area (Å²) in [5, 5.41) is 32.5. The summed E-state index contributed by atoms with van der Waals surface area (Å²) in [4.78, 5) is 20.5. The number of aliphatic imine (C=N–C) groups is 2. The average Bonchev–Trinajstić information content (AvgIpc) is 3.68. The van der Waals surface area contributed by atoms with E-state index in [0.29, 0.717) is 5.69 Å². The van der Waals surface area contributed by atoms with Crippen molar-refractivity contribution in [3.8, 4) is 0 Å². The fourth-order valence-corrected chi connectivity index (χ4v) is 4.29. The number of alkyl halides is 2. The fourth-order valence-electron chi connectivity index (χ4n) is 4.29. The summed E-state index contributed by atoms with van der Waals surface area (Å²) < 4.78 is 39.0. The summed E-state index contributed by atoms with van der Waals surface area (Å²) in [6, 6.07) is 0. The van der Waals surface area contributed by atoms with E-state index in [1.807, 2.05) is 13.8 Å². The minimum atomic E-state index is -1.70. The Morgan fingerprint density at radius 2 is 1.38 bits per heavy atom. The topological polar surface area (TPSA) is 293 Å². The van der Waals surface area contributed by atoms with Crippen LogP contribution in [0.3, 0.4) is 0 Å². The molecule has 0 saturated carbocycles. The molecule has 0 spiro atoms. The van der Waals surface area contributed by atoms with Gasteiger partial charge < -0.3 is 52.6 Å². The maximum atomic E-state index is 14.2. The van der Waals surface area contributed by atoms with Gasteiger partial charge in [0.05, 0.1) is 36.5 Å². The molecular weight excluding hydrogens is 534 g/mol. The van der Waals surface area contributed by atoms with Crippen LogP contribution in [0, 0.1) is 16.7 Å². The molecule has 0 unspecified atom stereocenters. The lowest BCUT2D eigenvalue weighted by Crippen LogP contribution is -2.30. The Kier molecular flexibility index (Phi) is 9.85. The summed E-state index contributed by atoms with van der Waals surface area (Å²) in [6.07, 6.45) is -3.58. The van der Waals surface area contributed by atoms with Crippen LogP contribution in [-0.4, -0.2) is 91.0 Å². The van der Waals surface area contributed by atoms with Crippen LogP contribution in [0.1, 0.15) is 55.5 Å². The number of guanidine groups is 2. The lowest BCUT2D eigenvalue weighted by molar-refractivity contribution is -0.0235. The molecule has 0 radical (unpaired) electrons. The van der Waals surface area contributed by atoms with Crippen molar-refractivity contribution in [3.05, 3.63) is 35.4 Å². The molecule has 14 N–H and O–H groups in total. The SMILES string of the molecule is CC[C@H]1O[C@@H](c2cnc(C(N)=NC(=N)N)[nH]2)[C@H](F)[C@@H]1C.N=C(N)N=C(N)c1ncc([C@@H]2O[C@H](CO)[C@@H](O)[C@H]2F)[nH]1. The summed E-state index contributed by atoms with van der Waals surface area (Å²) in [5.41, 5.74) is 22.1. The molecule has 0 bridgehead atoms. The second-order valence-electron chi connectivity index (χ2n) is 9.16. The van der Waals surface area contributed by atoms with Gasteiger partial charge in [-0.3, -0.25) is 10.8 Å². The highest BCUT2D eigenvalue weighted by molar-refractivity contribution is 6.02. The van der Waals surface area contributed by atoms with Gasteiger partial charge in [-0.25, -0.2) is 18.7 Å². The predicted octanol–water partition coefficient (Wildman–Crippen LogP) is -1.03. The number of nitrogens with zero attached hydrogens (tertiary/aromatic N) is 4. The Morgan fingerprint density at radius 1 is 0.925 bits per heavy atom. The molecule has 2 aromatic heterocycles. The Labute approximate surface area is 227 Å². The Bertz CT molecular complexity index is 1160. The lowest BCUT2D eigenvalue weighted by Gasteiger charge is -2.11. The van der Waals surface area contributed by atoms with E-state index >= 15 is 0 Å². The number of aliphatic hydroxyl groups is 2. The number of amidine groups is 2. The molecule has 0 aliphatic carbocycles. The molecule has 16 nitrogen and oxygen atoms in total. The Hall–Kier alpha value is -4.00. The van der Waals surface area contributed by atoms with Crippen LogP contribution in [-0.2, 0) is 9.47 Å². The fraction of sp³-hybridized carbons (Fsp3) is 0.545. The van der Waals surface area contributed by atoms with Crippen molar-refractivity contribution < 1.29 is 28.5 Å². The van der Waals surface area contributed by atoms with Gasteiger partial charge >= 0.3 is 0 Å². The van der Waals surface area contributed by atoms with E-state index in [-0.39, 0.29) is 41.0 Å². The van der Waals surface area contributed by atoms with Gasteiger partial charge in [0, 0.05) is 5.92 Å². The van der Waals surface area contributed by atoms with Crippen LogP contribution in [0.4, 0.5) is 8.78 Å². The maximum Gasteiger partial charge on any atom is 0.214 e. The average molecular weight is 569 g/mol. The highest BCUT2D eigenvalue weighted by atomic mass is 19.1. The molecule has 2 saturated heterocycles. The second kappa shape index (κ2) is 12.9. The molecule has 2 aromatic rings. The molecule has 40 heavy (non-hydrogen) atoms. The van der Waals surface area contributed by atoms with Crippen molar-refractivity contribution >= 4 is 23.6 Å². The highest BCUT2D eigenvalue weighted by Gasteiger charge is 2.45. The van der Waals surface area contributed by atoms with Gasteiger partial charge in [-0.2, -0.15) is 9.98 Å². The van der Waals surface area contributed by atoms with Gasteiger partial charge in [0.2, 0.25) is 11.9 Å². The third-order valence-electron chi connectivity index (χ3n) is 6.37. The van der Waals surface area contributed by atoms with E-state index in [4.69, 9.17) is 48.3 Å². The van der Waals surface area contributed by atoms with Crippen LogP contribution in [0.5, 0.6) is 0 Å². The van der Waals surface area contributed by atoms with Gasteiger partial charge in [0.15, 0.2) is 29.5 Å². The summed E-state index contributed by atoms with van der Waals surface area (Å²) in [5.74, 6) is -0.863. The number of aromatic nitrogens is 4. The number of rotatable bonds is 6. The third-order valence-corrected chi connectivity index (χ3v) is 6.37. The minimum absolute atomic E-state index is 0.0164. The standard InChI is InChI=1S/C12H19FN6O.C10H15FN6O3/c1-3-7-5(2)8(13)9(20-7)6-4-17-11(18-6)10(14)19-12(15)16;11-5-6(19)4(2-18)20-7(5)3-1-15-9(16-3)8(12)17-10(13)14/h4-5,7-9H,3H2,1-2H3,(H,17,18)(H5,14,15,16,19);1,4-7,18-19H,2H2,(H,15,16)(H5,12,13,14,17)/t5-,7-,8-,9+;4-,5-,6-,7+/m11/s1. The van der Waals surface area contributed by atoms with Crippen molar-refractivity contribution in [2.45, 2.75) is 63.1 Å². The zero-order chi connectivity index (χ0) is 29.7. The molecule has 2 aliphatic rings. The number of nitrogens with one attached hydrogen (secondary N) is 4. The van der Waals surface area contributed by atoms with Crippen LogP contribution >= 0.6 is 0 Å². The molecule has 0 amide bonds. The van der Waals surface area contributed by atoms with Crippen molar-refractivity contribution in [3.63, 3.8) is 0 Å². The minimum Gasteiger partial charge on any atom is -0.394 e. The molecule has 2 fully saturated rings. The quantitative estimate of drug-likeness (QED) is 0.149. The number of aliphatic hydroxyl groups excluding tert-OH is 2. The summed E-state index contributed by atoms with van der Waals surface area (Å²) in [7, 11) is 0. The van der Waals surface area contributed by atoms with Gasteiger partial charge in [-0.1, -0.05) is 13.8 Å². The first-order valence-corrected chi connectivity index (χ1v) is 12.2. The molecule has 0 aromatic carbocycles. The zero-order valence-corrected chi connectivity index (χ0v) is 21.8. The molecular formula is C22H34F2N12O4. The number of nitrogens with two attached hydrogens (primary N) is 4. The van der Waals surface area contributed by atoms with E-state index in [1.54, 1.807) is 0 Å². The van der Waals surface area contributed by atoms with Crippen LogP contribution < -0.4 is 22.9 Å². The van der Waals surface area contributed by atoms with E-state index in [2.05, 4.69) is 29.9 Å². The summed E-state index contributed by atoms with van der Waals surface area (Å²) >= 11 is 0. The van der Waals surface area contributed by atoms with E-state index < -0.39 is 55.3 Å². The Morgan fingerprint density at radius 3 is 1.75 bits per heavy atom. The van der Waals surface area contributed by atoms with Crippen molar-refractivity contribution in [2.24, 2.45) is 38.8 Å². The van der Waals surface area contributed by atoms with Crippen molar-refractivity contribution in [1.82, 2.24) is 19.9 Å². The molecule has 2 aliphatic heterocycles. The number of hydrogen-bond donors (Lipinski definition) is 10. The number of halogens is 2. The normalized spacial score (nSPS) is 30.6. The van der Waals surface area contributed by atoms with Gasteiger partial charge in [0.25, 0.3) is 0 Å². The van der Waals surface area contributed by atoms with Crippen molar-refractivity contribution in [1.29, 1.82) is 10.8 Å². The van der Waals surface area contributed by atoms with Gasteiger partial charge in [-0.15, -0.1) is 0 Å². The second-order valence-corrected chi connectivity index (χ2v) is 9.16. The molecule has 4 rings (SSSR count). The van der Waals surface area contributed by atoms with E-state index in [1.165, 1.54) is 12.4 Å². The molecule has 8 atom stereocenters. The van der Waals surface area contributed by atoms with Gasteiger partial charge in [0.1, 0.15) is 30.6 Å². The zero-order valence-electron chi connectivity index (χ0n) is 21.8. The number of H-pyrrole nitrogens is 2. The summed E-state index contributed by atoms with van der Waals surface area (Å²) in [6.45, 7) is 3.31. The molecule has 4 heterocycles. The predicted molar refractivity (Wildman–Crippen MR) is 140 cm³/mol. The third kappa shape index (κ3) is 6.76. The highest BCUT2D eigenvalue weighted by Crippen LogP contribution is 2.39. The van der Waals surface area contributed by atoms with E-state index in [9.17, 15) is 13.9 Å². The first-order chi connectivity index (χ1) is 18.9. The van der Waals surface area contributed by atoms with Gasteiger partial charge in [-0.05, 0) is 6.42 Å². The number of hydrogen-bond acceptors (Lipinski definition) is 8. The number of imidazole rings is 2.